The summed E-state index contributed by atoms with van der Waals surface area (Å²) in [5.74, 6) is -1.78. The Morgan fingerprint density at radius 3 is 2.13 bits per heavy atom. The number of hydrogen-bond donors (Lipinski definition) is 7. The fourth-order valence-corrected chi connectivity index (χ4v) is 7.70. The van der Waals surface area contributed by atoms with Gasteiger partial charge in [-0.2, -0.15) is 5.26 Å². The topological polar surface area (TPSA) is 279 Å². The molecule has 1 aliphatic heterocycles. The second kappa shape index (κ2) is 23.6. The number of rotatable bonds is 17. The molecule has 5 rings (SSSR count). The van der Waals surface area contributed by atoms with Crippen LogP contribution in [-0.4, -0.2) is 111 Å². The van der Waals surface area contributed by atoms with Gasteiger partial charge in [0.25, 0.3) is 5.91 Å². The Labute approximate surface area is 397 Å². The molecule has 0 radical (unpaired) electrons. The highest BCUT2D eigenvalue weighted by atomic mass is 16.5. The molecule has 5 amide bonds. The average molecular weight is 933 g/mol. The van der Waals surface area contributed by atoms with Gasteiger partial charge < -0.3 is 57.6 Å². The normalized spacial score (nSPS) is 16.5. The summed E-state index contributed by atoms with van der Waals surface area (Å²) < 4.78 is 18.1. The highest BCUT2D eigenvalue weighted by Crippen LogP contribution is 2.40. The fourth-order valence-electron chi connectivity index (χ4n) is 7.70. The number of nitriles is 1. The van der Waals surface area contributed by atoms with Crippen molar-refractivity contribution in [2.75, 3.05) is 53.0 Å². The molecule has 4 bridgehead atoms. The minimum atomic E-state index is -1.40. The molecule has 0 spiro atoms. The number of fused-ring (bicyclic) bond motifs is 5. The molecule has 0 saturated carbocycles. The standard InChI is InChI=1S/C50H64N10O8/c1-29-24-39(33-9-12-35(13-10-33)68-28-50(4,5)6)56-30(2)43(29)47(63)58-38(16-17-51)49(65)60(7)44-34-11-15-42(67-23-20-54)37(27-34)36-25-32(8-14-41(36)66-22-19-53)26-40(46(62)55-21-18-52)59-45(61)31(3)57-48(44)64/h8-15,24-25,27,31,38,40,44H,16-17,19-23,26,28,51,53-54H2,1-7H3,(H,55,62)(H,57,64)(H,58,63)(H,59,61). The second-order valence-electron chi connectivity index (χ2n) is 17.8. The van der Waals surface area contributed by atoms with Gasteiger partial charge in [0.15, 0.2) is 0 Å². The van der Waals surface area contributed by atoms with E-state index in [0.29, 0.717) is 57.3 Å². The quantitative estimate of drug-likeness (QED) is 0.0752. The SMILES string of the molecule is Cc1cc(-c2ccc(OCC(C)(C)C)cc2)nc(C)c1C(=O)NC(CCN)C(=O)N(C)C1C(=O)NC(C)C(=O)NC(C(=O)NCC#N)Cc2ccc(OCCN)c(c2)-c2cc1ccc2OCCN. The number of carbonyl (C=O) groups excluding carboxylic acids is 5. The lowest BCUT2D eigenvalue weighted by atomic mass is 9.93. The summed E-state index contributed by atoms with van der Waals surface area (Å²) in [6.45, 7) is 12.2. The van der Waals surface area contributed by atoms with E-state index in [1.165, 1.54) is 18.9 Å². The molecule has 68 heavy (non-hydrogen) atoms. The molecule has 3 aromatic carbocycles. The van der Waals surface area contributed by atoms with Crippen molar-refractivity contribution in [2.24, 2.45) is 22.6 Å². The summed E-state index contributed by atoms with van der Waals surface area (Å²) in [6, 6.07) is 16.4. The molecule has 2 heterocycles. The van der Waals surface area contributed by atoms with E-state index in [2.05, 4.69) is 42.0 Å². The van der Waals surface area contributed by atoms with Gasteiger partial charge in [0.2, 0.25) is 23.6 Å². The third-order valence-electron chi connectivity index (χ3n) is 11.1. The van der Waals surface area contributed by atoms with Crippen LogP contribution < -0.4 is 52.7 Å². The smallest absolute Gasteiger partial charge is 0.254 e. The van der Waals surface area contributed by atoms with Gasteiger partial charge in [-0.3, -0.25) is 29.0 Å². The number of nitrogens with two attached hydrogens (primary N) is 3. The number of nitrogens with zero attached hydrogens (tertiary/aromatic N) is 3. The molecule has 0 saturated heterocycles. The van der Waals surface area contributed by atoms with Crippen LogP contribution in [0.25, 0.3) is 22.4 Å². The van der Waals surface area contributed by atoms with Crippen LogP contribution in [0.3, 0.4) is 0 Å². The van der Waals surface area contributed by atoms with E-state index >= 15 is 0 Å². The molecule has 18 heteroatoms. The minimum Gasteiger partial charge on any atom is -0.493 e. The number of pyridine rings is 1. The molecule has 0 aliphatic carbocycles. The van der Waals surface area contributed by atoms with Gasteiger partial charge >= 0.3 is 0 Å². The second-order valence-corrected chi connectivity index (χ2v) is 17.8. The zero-order chi connectivity index (χ0) is 49.7. The Morgan fingerprint density at radius 2 is 1.53 bits per heavy atom. The lowest BCUT2D eigenvalue weighted by molar-refractivity contribution is -0.141. The lowest BCUT2D eigenvalue weighted by Crippen LogP contribution is -2.56. The molecule has 4 atom stereocenters. The third-order valence-corrected chi connectivity index (χ3v) is 11.1. The molecular formula is C50H64N10O8. The van der Waals surface area contributed by atoms with Crippen LogP contribution in [0.2, 0.25) is 0 Å². The maximum absolute atomic E-state index is 14.8. The van der Waals surface area contributed by atoms with Crippen LogP contribution in [0.4, 0.5) is 0 Å². The number of benzene rings is 3. The van der Waals surface area contributed by atoms with Gasteiger partial charge in [0.1, 0.15) is 61.2 Å². The van der Waals surface area contributed by atoms with E-state index in [9.17, 15) is 29.2 Å². The zero-order valence-electron chi connectivity index (χ0n) is 39.9. The summed E-state index contributed by atoms with van der Waals surface area (Å²) in [7, 11) is 1.42. The Kier molecular flexibility index (Phi) is 18.0. The van der Waals surface area contributed by atoms with Crippen molar-refractivity contribution >= 4 is 29.5 Å². The fraction of sp³-hybridized carbons (Fsp3) is 0.420. The molecule has 362 valence electrons. The van der Waals surface area contributed by atoms with E-state index in [-0.39, 0.29) is 63.2 Å². The van der Waals surface area contributed by atoms with E-state index in [1.807, 2.05) is 30.3 Å². The molecule has 1 aromatic heterocycles. The monoisotopic (exact) mass is 932 g/mol. The van der Waals surface area contributed by atoms with E-state index < -0.39 is 53.7 Å². The van der Waals surface area contributed by atoms with Crippen molar-refractivity contribution in [1.29, 1.82) is 5.26 Å². The maximum atomic E-state index is 14.8. The predicted octanol–water partition coefficient (Wildman–Crippen LogP) is 2.96. The number of amides is 5. The Bertz CT molecular complexity index is 2480. The zero-order valence-corrected chi connectivity index (χ0v) is 39.9. The number of aromatic nitrogens is 1. The summed E-state index contributed by atoms with van der Waals surface area (Å²) >= 11 is 0. The summed E-state index contributed by atoms with van der Waals surface area (Å²) in [5.41, 5.74) is 22.4. The van der Waals surface area contributed by atoms with Crippen LogP contribution in [-0.2, 0) is 25.6 Å². The Morgan fingerprint density at radius 1 is 0.882 bits per heavy atom. The Balaban J connectivity index is 1.54. The summed E-state index contributed by atoms with van der Waals surface area (Å²) in [5, 5.41) is 20.0. The highest BCUT2D eigenvalue weighted by Gasteiger charge is 2.36. The number of nitrogens with one attached hydrogen (secondary N) is 4. The van der Waals surface area contributed by atoms with Crippen molar-refractivity contribution in [2.45, 2.75) is 78.6 Å². The number of aryl methyl sites for hydroxylation is 2. The van der Waals surface area contributed by atoms with Crippen molar-refractivity contribution in [3.8, 4) is 45.7 Å². The lowest BCUT2D eigenvalue weighted by Gasteiger charge is -2.32. The number of hydrogen-bond acceptors (Lipinski definition) is 13. The van der Waals surface area contributed by atoms with Gasteiger partial charge in [-0.25, -0.2) is 0 Å². The first-order valence-corrected chi connectivity index (χ1v) is 22.6. The molecule has 1 aliphatic rings. The molecule has 0 fully saturated rings. The average Bonchev–Trinajstić information content (AvgIpc) is 3.30. The predicted molar refractivity (Wildman–Crippen MR) is 257 cm³/mol. The molecule has 4 aromatic rings. The summed E-state index contributed by atoms with van der Waals surface area (Å²) in [6.07, 6.45) is 0.0117. The van der Waals surface area contributed by atoms with Gasteiger partial charge in [-0.15, -0.1) is 0 Å². The minimum absolute atomic E-state index is 0.00152. The molecular weight excluding hydrogens is 869 g/mol. The molecule has 4 unspecified atom stereocenters. The van der Waals surface area contributed by atoms with Crippen LogP contribution in [0.15, 0.2) is 66.7 Å². The van der Waals surface area contributed by atoms with Crippen molar-refractivity contribution in [3.63, 3.8) is 0 Å². The first-order chi connectivity index (χ1) is 32.4. The van der Waals surface area contributed by atoms with Crippen molar-refractivity contribution < 1.29 is 38.2 Å². The van der Waals surface area contributed by atoms with Crippen LogP contribution in [0, 0.1) is 30.6 Å². The van der Waals surface area contributed by atoms with E-state index in [0.717, 1.165) is 11.3 Å². The largest absolute Gasteiger partial charge is 0.493 e. The van der Waals surface area contributed by atoms with Crippen LogP contribution >= 0.6 is 0 Å². The maximum Gasteiger partial charge on any atom is 0.254 e. The van der Waals surface area contributed by atoms with E-state index in [4.69, 9.17) is 36.4 Å². The van der Waals surface area contributed by atoms with Crippen LogP contribution in [0.5, 0.6) is 17.2 Å². The highest BCUT2D eigenvalue weighted by molar-refractivity contribution is 6.01. The van der Waals surface area contributed by atoms with Crippen LogP contribution in [0.1, 0.15) is 72.9 Å². The van der Waals surface area contributed by atoms with Crippen molar-refractivity contribution in [1.82, 2.24) is 31.2 Å². The first-order valence-electron chi connectivity index (χ1n) is 22.6. The molecule has 10 N–H and O–H groups in total. The van der Waals surface area contributed by atoms with Gasteiger partial charge in [-0.1, -0.05) is 32.9 Å². The van der Waals surface area contributed by atoms with Crippen molar-refractivity contribution in [3.05, 3.63) is 94.7 Å². The van der Waals surface area contributed by atoms with Gasteiger partial charge in [0, 0.05) is 43.2 Å². The van der Waals surface area contributed by atoms with Gasteiger partial charge in [-0.05, 0) is 110 Å². The number of carbonyl (C=O) groups is 5. The number of likely N-dealkylation sites (N-methyl/N-ethyl adjacent to an activating group) is 1. The number of ether oxygens (including phenoxy) is 3. The molecule has 18 nitrogen and oxygen atoms in total. The van der Waals surface area contributed by atoms with Gasteiger partial charge in [0.05, 0.1) is 29.6 Å². The summed E-state index contributed by atoms with van der Waals surface area (Å²) in [4.78, 5) is 76.6. The van der Waals surface area contributed by atoms with E-state index in [1.54, 1.807) is 56.3 Å². The Hall–Kier alpha value is -7.07. The third kappa shape index (κ3) is 13.3. The first kappa shape index (κ1) is 51.9.